The summed E-state index contributed by atoms with van der Waals surface area (Å²) in [5, 5.41) is 0.716. The van der Waals surface area contributed by atoms with Crippen LogP contribution in [-0.4, -0.2) is 34.0 Å². The van der Waals surface area contributed by atoms with Gasteiger partial charge in [0.05, 0.1) is 11.3 Å². The Morgan fingerprint density at radius 2 is 2.33 bits per heavy atom. The average Bonchev–Trinajstić information content (AvgIpc) is 2.63. The van der Waals surface area contributed by atoms with Gasteiger partial charge in [-0.2, -0.15) is 4.99 Å². The molecule has 0 aromatic carbocycles. The van der Waals surface area contributed by atoms with Crippen LogP contribution in [0.1, 0.15) is 13.8 Å². The Kier molecular flexibility index (Phi) is 2.55. The number of hydrogen-bond acceptors (Lipinski definition) is 5. The van der Waals surface area contributed by atoms with E-state index in [-0.39, 0.29) is 5.91 Å². The van der Waals surface area contributed by atoms with E-state index in [1.54, 1.807) is 6.20 Å². The molecule has 94 valence electrons. The molecule has 5 nitrogen and oxygen atoms in total. The number of ether oxygens (including phenoxy) is 1. The first-order valence-electron chi connectivity index (χ1n) is 5.75. The molecule has 0 aliphatic carbocycles. The van der Waals surface area contributed by atoms with E-state index in [2.05, 4.69) is 9.98 Å². The van der Waals surface area contributed by atoms with E-state index in [0.29, 0.717) is 18.3 Å². The summed E-state index contributed by atoms with van der Waals surface area (Å²) in [7, 11) is 0. The van der Waals surface area contributed by atoms with Crippen LogP contribution in [0.2, 0.25) is 0 Å². The molecule has 0 atom stereocenters. The molecule has 2 aliphatic heterocycles. The van der Waals surface area contributed by atoms with Crippen LogP contribution in [-0.2, 0) is 4.79 Å². The molecule has 1 aromatic rings. The summed E-state index contributed by atoms with van der Waals surface area (Å²) >= 11 is 1.48. The van der Waals surface area contributed by atoms with Crippen molar-refractivity contribution in [3.63, 3.8) is 0 Å². The van der Waals surface area contributed by atoms with E-state index >= 15 is 0 Å². The van der Waals surface area contributed by atoms with Gasteiger partial charge >= 0.3 is 0 Å². The molecule has 0 radical (unpaired) electrons. The van der Waals surface area contributed by atoms with Crippen LogP contribution in [0.5, 0.6) is 5.75 Å². The number of hydrogen-bond donors (Lipinski definition) is 0. The largest absolute Gasteiger partial charge is 0.488 e. The molecule has 0 saturated heterocycles. The molecule has 1 amide bonds. The van der Waals surface area contributed by atoms with Gasteiger partial charge in [0.25, 0.3) is 5.91 Å². The van der Waals surface area contributed by atoms with Crippen molar-refractivity contribution in [2.45, 2.75) is 18.6 Å². The molecule has 0 bridgehead atoms. The molecule has 0 saturated carbocycles. The lowest BCUT2D eigenvalue weighted by Gasteiger charge is -2.29. The zero-order valence-electron chi connectivity index (χ0n) is 10.2. The normalized spacial score (nSPS) is 21.3. The first kappa shape index (κ1) is 11.5. The fourth-order valence-electron chi connectivity index (χ4n) is 1.87. The number of carbonyl (C=O) groups excluding carboxylic acids is 1. The zero-order chi connectivity index (χ0) is 12.8. The Morgan fingerprint density at radius 3 is 3.06 bits per heavy atom. The Morgan fingerprint density at radius 1 is 1.50 bits per heavy atom. The van der Waals surface area contributed by atoms with Gasteiger partial charge in [-0.1, -0.05) is 11.8 Å². The fourth-order valence-corrected chi connectivity index (χ4v) is 2.87. The smallest absolute Gasteiger partial charge is 0.264 e. The lowest BCUT2D eigenvalue weighted by Crippen LogP contribution is -2.37. The van der Waals surface area contributed by atoms with Gasteiger partial charge in [-0.15, -0.1) is 0 Å². The second kappa shape index (κ2) is 3.98. The van der Waals surface area contributed by atoms with E-state index in [1.165, 1.54) is 11.8 Å². The summed E-state index contributed by atoms with van der Waals surface area (Å²) in [4.78, 5) is 22.2. The maximum absolute atomic E-state index is 11.8. The summed E-state index contributed by atoms with van der Waals surface area (Å²) in [5.41, 5.74) is 0. The highest BCUT2D eigenvalue weighted by molar-refractivity contribution is 8.16. The highest BCUT2D eigenvalue weighted by Crippen LogP contribution is 2.38. The fraction of sp³-hybridized carbons (Fsp3) is 0.417. The molecule has 6 heteroatoms. The number of pyridine rings is 1. The van der Waals surface area contributed by atoms with Gasteiger partial charge in [-0.05, 0) is 26.0 Å². The van der Waals surface area contributed by atoms with Crippen molar-refractivity contribution < 1.29 is 9.53 Å². The Hall–Kier alpha value is -1.56. The van der Waals surface area contributed by atoms with Crippen LogP contribution < -0.4 is 9.64 Å². The van der Waals surface area contributed by atoms with Crippen molar-refractivity contribution in [3.8, 4) is 5.75 Å². The minimum absolute atomic E-state index is 0.0912. The van der Waals surface area contributed by atoms with Crippen LogP contribution in [0.15, 0.2) is 23.3 Å². The molecule has 0 unspecified atom stereocenters. The molecular weight excluding hydrogens is 250 g/mol. The number of aliphatic imine (C=N–C) groups is 1. The quantitative estimate of drug-likeness (QED) is 0.713. The highest BCUT2D eigenvalue weighted by atomic mass is 32.2. The first-order chi connectivity index (χ1) is 8.58. The Labute approximate surface area is 109 Å². The van der Waals surface area contributed by atoms with Gasteiger partial charge in [0.1, 0.15) is 6.61 Å². The lowest BCUT2D eigenvalue weighted by molar-refractivity contribution is -0.119. The average molecular weight is 263 g/mol. The topological polar surface area (TPSA) is 54.8 Å². The Bertz CT molecular complexity index is 542. The summed E-state index contributed by atoms with van der Waals surface area (Å²) in [6.07, 6.45) is 1.72. The molecule has 0 spiro atoms. The number of nitrogens with zero attached hydrogens (tertiary/aromatic N) is 3. The molecule has 2 aliphatic rings. The molecule has 3 heterocycles. The number of carbonyl (C=O) groups is 1. The van der Waals surface area contributed by atoms with E-state index in [4.69, 9.17) is 4.74 Å². The third-order valence-corrected chi connectivity index (χ3v) is 4.05. The van der Waals surface area contributed by atoms with Crippen molar-refractivity contribution >= 4 is 28.7 Å². The van der Waals surface area contributed by atoms with Gasteiger partial charge in [-0.3, -0.25) is 9.69 Å². The van der Waals surface area contributed by atoms with Crippen molar-refractivity contribution in [1.29, 1.82) is 0 Å². The number of rotatable bonds is 0. The second-order valence-electron chi connectivity index (χ2n) is 4.64. The maximum Gasteiger partial charge on any atom is 0.264 e. The van der Waals surface area contributed by atoms with Crippen LogP contribution in [0.25, 0.3) is 0 Å². The summed E-state index contributed by atoms with van der Waals surface area (Å²) in [6.45, 7) is 5.01. The van der Waals surface area contributed by atoms with Crippen LogP contribution >= 0.6 is 11.8 Å². The van der Waals surface area contributed by atoms with Crippen molar-refractivity contribution in [2.75, 3.05) is 18.1 Å². The minimum atomic E-state index is -0.484. The van der Waals surface area contributed by atoms with Crippen molar-refractivity contribution in [3.05, 3.63) is 18.3 Å². The third kappa shape index (κ3) is 1.77. The molecule has 1 aromatic heterocycles. The maximum atomic E-state index is 11.8. The standard InChI is InChI=1S/C12H13N3O2S/c1-12(2)10(16)14-11(18-12)15-6-7-17-8-4-3-5-13-9(8)15/h3-5H,6-7H2,1-2H3. The third-order valence-electron chi connectivity index (χ3n) is 2.87. The van der Waals surface area contributed by atoms with Gasteiger partial charge in [0, 0.05) is 6.20 Å². The Balaban J connectivity index is 1.96. The highest BCUT2D eigenvalue weighted by Gasteiger charge is 2.40. The minimum Gasteiger partial charge on any atom is -0.488 e. The summed E-state index contributed by atoms with van der Waals surface area (Å²) in [5.74, 6) is 1.39. The first-order valence-corrected chi connectivity index (χ1v) is 6.57. The van der Waals surface area contributed by atoms with Gasteiger partial charge in [0.2, 0.25) is 0 Å². The number of amidine groups is 1. The lowest BCUT2D eigenvalue weighted by atomic mass is 10.2. The predicted molar refractivity (Wildman–Crippen MR) is 71.2 cm³/mol. The molecular formula is C12H13N3O2S. The van der Waals surface area contributed by atoms with E-state index in [9.17, 15) is 4.79 Å². The monoisotopic (exact) mass is 263 g/mol. The van der Waals surface area contributed by atoms with Crippen LogP contribution in [0, 0.1) is 0 Å². The zero-order valence-corrected chi connectivity index (χ0v) is 11.0. The van der Waals surface area contributed by atoms with E-state index in [0.717, 1.165) is 11.6 Å². The summed E-state index contributed by atoms with van der Waals surface area (Å²) < 4.78 is 5.06. The molecule has 3 rings (SSSR count). The summed E-state index contributed by atoms with van der Waals surface area (Å²) in [6, 6.07) is 3.71. The van der Waals surface area contributed by atoms with Gasteiger partial charge in [0.15, 0.2) is 16.7 Å². The van der Waals surface area contributed by atoms with Crippen LogP contribution in [0.3, 0.4) is 0 Å². The van der Waals surface area contributed by atoms with E-state index < -0.39 is 4.75 Å². The molecule has 0 N–H and O–H groups in total. The van der Waals surface area contributed by atoms with Crippen molar-refractivity contribution in [1.82, 2.24) is 4.98 Å². The van der Waals surface area contributed by atoms with Gasteiger partial charge in [-0.25, -0.2) is 4.98 Å². The molecule has 18 heavy (non-hydrogen) atoms. The predicted octanol–water partition coefficient (Wildman–Crippen LogP) is 1.69. The SMILES string of the molecule is CC1(C)SC(N2CCOc3cccnc32)=NC1=O. The number of thioether (sulfide) groups is 1. The van der Waals surface area contributed by atoms with Crippen molar-refractivity contribution in [2.24, 2.45) is 4.99 Å². The van der Waals surface area contributed by atoms with Gasteiger partial charge < -0.3 is 4.74 Å². The number of aromatic nitrogens is 1. The van der Waals surface area contributed by atoms with E-state index in [1.807, 2.05) is 30.9 Å². The number of anilines is 1. The second-order valence-corrected chi connectivity index (χ2v) is 6.23. The number of amides is 1. The molecule has 0 fully saturated rings. The number of fused-ring (bicyclic) bond motifs is 1. The van der Waals surface area contributed by atoms with Crippen LogP contribution in [0.4, 0.5) is 5.82 Å².